The fourth-order valence-electron chi connectivity index (χ4n) is 3.34. The Balaban J connectivity index is 1.49. The fraction of sp³-hybridized carbons (Fsp3) is 0.588. The Kier molecular flexibility index (Phi) is 4.27. The third-order valence-corrected chi connectivity index (χ3v) is 4.62. The maximum atomic E-state index is 12.2. The molecule has 1 amide bonds. The summed E-state index contributed by atoms with van der Waals surface area (Å²) in [4.78, 5) is 14.8. The summed E-state index contributed by atoms with van der Waals surface area (Å²) < 4.78 is 0. The summed E-state index contributed by atoms with van der Waals surface area (Å²) in [6.07, 6.45) is 4.28. The zero-order chi connectivity index (χ0) is 14.8. The average molecular weight is 287 g/mol. The largest absolute Gasteiger partial charge is 0.351 e. The van der Waals surface area contributed by atoms with Gasteiger partial charge in [0.25, 0.3) is 0 Å². The van der Waals surface area contributed by atoms with Gasteiger partial charge in [-0.2, -0.15) is 0 Å². The van der Waals surface area contributed by atoms with E-state index in [1.54, 1.807) is 0 Å². The number of rotatable bonds is 5. The predicted octanol–water partition coefficient (Wildman–Crippen LogP) is 1.30. The highest BCUT2D eigenvalue weighted by molar-refractivity contribution is 5.82. The molecule has 3 N–H and O–H groups in total. The van der Waals surface area contributed by atoms with Crippen molar-refractivity contribution in [3.05, 3.63) is 35.9 Å². The van der Waals surface area contributed by atoms with E-state index in [1.165, 1.54) is 12.8 Å². The van der Waals surface area contributed by atoms with Gasteiger partial charge >= 0.3 is 0 Å². The van der Waals surface area contributed by atoms with Crippen LogP contribution < -0.4 is 11.1 Å². The Morgan fingerprint density at radius 2 is 2.10 bits per heavy atom. The Bertz CT molecular complexity index is 486. The predicted molar refractivity (Wildman–Crippen MR) is 83.9 cm³/mol. The number of benzene rings is 1. The van der Waals surface area contributed by atoms with Gasteiger partial charge in [-0.05, 0) is 38.2 Å². The van der Waals surface area contributed by atoms with Crippen molar-refractivity contribution < 1.29 is 4.79 Å². The smallest absolute Gasteiger partial charge is 0.237 e. The number of nitrogens with zero attached hydrogens (tertiary/aromatic N) is 1. The van der Waals surface area contributed by atoms with Crippen LogP contribution in [0.2, 0.25) is 0 Å². The molecule has 3 atom stereocenters. The molecule has 1 aliphatic carbocycles. The molecule has 3 rings (SSSR count). The lowest BCUT2D eigenvalue weighted by molar-refractivity contribution is -0.123. The standard InChI is InChI=1S/C17H25N3O/c1-12-9-14(11-20(12)15-7-8-15)19-17(21)16(18)10-13-5-3-2-4-6-13/h2-6,12,14-16H,7-11,18H2,1H3,(H,19,21)/t12-,14+,16-/m1/s1. The molecule has 114 valence electrons. The first-order valence-corrected chi connectivity index (χ1v) is 7.99. The molecule has 2 aliphatic rings. The normalized spacial score (nSPS) is 27.5. The molecule has 4 nitrogen and oxygen atoms in total. The zero-order valence-corrected chi connectivity index (χ0v) is 12.7. The minimum absolute atomic E-state index is 0.0197. The van der Waals surface area contributed by atoms with Crippen LogP contribution in [0.4, 0.5) is 0 Å². The second kappa shape index (κ2) is 6.16. The molecule has 0 unspecified atom stereocenters. The summed E-state index contributed by atoms with van der Waals surface area (Å²) in [5.74, 6) is -0.0197. The van der Waals surface area contributed by atoms with Crippen LogP contribution >= 0.6 is 0 Å². The number of hydrogen-bond donors (Lipinski definition) is 2. The summed E-state index contributed by atoms with van der Waals surface area (Å²) in [5.41, 5.74) is 7.15. The van der Waals surface area contributed by atoms with Crippen LogP contribution in [0, 0.1) is 0 Å². The van der Waals surface area contributed by atoms with Gasteiger partial charge in [-0.1, -0.05) is 30.3 Å². The molecular formula is C17H25N3O. The maximum absolute atomic E-state index is 12.2. The van der Waals surface area contributed by atoms with Gasteiger partial charge in [0.2, 0.25) is 5.91 Å². The molecule has 0 spiro atoms. The van der Waals surface area contributed by atoms with E-state index in [2.05, 4.69) is 17.1 Å². The molecule has 0 radical (unpaired) electrons. The molecule has 1 saturated carbocycles. The highest BCUT2D eigenvalue weighted by Crippen LogP contribution is 2.33. The van der Waals surface area contributed by atoms with E-state index in [0.717, 1.165) is 24.6 Å². The summed E-state index contributed by atoms with van der Waals surface area (Å²) in [6, 6.07) is 11.1. The third kappa shape index (κ3) is 3.63. The minimum atomic E-state index is -0.460. The molecule has 4 heteroatoms. The quantitative estimate of drug-likeness (QED) is 0.858. The summed E-state index contributed by atoms with van der Waals surface area (Å²) in [7, 11) is 0. The van der Waals surface area contributed by atoms with E-state index >= 15 is 0 Å². The number of carbonyl (C=O) groups is 1. The number of nitrogens with two attached hydrogens (primary N) is 1. The zero-order valence-electron chi connectivity index (χ0n) is 12.7. The molecule has 1 aromatic carbocycles. The SMILES string of the molecule is C[C@@H]1C[C@H](NC(=O)[C@H](N)Cc2ccccc2)CN1C1CC1. The first-order chi connectivity index (χ1) is 10.1. The molecule has 2 fully saturated rings. The Hall–Kier alpha value is -1.39. The van der Waals surface area contributed by atoms with Crippen molar-refractivity contribution in [3.8, 4) is 0 Å². The summed E-state index contributed by atoms with van der Waals surface area (Å²) in [5, 5.41) is 3.14. The molecule has 0 aromatic heterocycles. The van der Waals surface area contributed by atoms with Crippen LogP contribution in [0.15, 0.2) is 30.3 Å². The van der Waals surface area contributed by atoms with Gasteiger partial charge in [-0.15, -0.1) is 0 Å². The molecule has 1 aromatic rings. The summed E-state index contributed by atoms with van der Waals surface area (Å²) in [6.45, 7) is 3.24. The topological polar surface area (TPSA) is 58.4 Å². The average Bonchev–Trinajstić information content (AvgIpc) is 3.24. The Labute approximate surface area is 126 Å². The minimum Gasteiger partial charge on any atom is -0.351 e. The van der Waals surface area contributed by atoms with Crippen LogP contribution in [-0.2, 0) is 11.2 Å². The van der Waals surface area contributed by atoms with Crippen LogP contribution in [0.5, 0.6) is 0 Å². The maximum Gasteiger partial charge on any atom is 0.237 e. The number of likely N-dealkylation sites (tertiary alicyclic amines) is 1. The second-order valence-electron chi connectivity index (χ2n) is 6.51. The van der Waals surface area contributed by atoms with Gasteiger partial charge in [0.15, 0.2) is 0 Å². The van der Waals surface area contributed by atoms with Crippen LogP contribution in [0.1, 0.15) is 31.7 Å². The lowest BCUT2D eigenvalue weighted by atomic mass is 10.1. The number of nitrogens with one attached hydrogen (secondary N) is 1. The molecule has 0 bridgehead atoms. The van der Waals surface area contributed by atoms with Crippen molar-refractivity contribution in [2.45, 2.75) is 56.8 Å². The van der Waals surface area contributed by atoms with Crippen LogP contribution in [0.3, 0.4) is 0 Å². The van der Waals surface area contributed by atoms with Crippen molar-refractivity contribution >= 4 is 5.91 Å². The van der Waals surface area contributed by atoms with E-state index < -0.39 is 6.04 Å². The van der Waals surface area contributed by atoms with Gasteiger partial charge in [0, 0.05) is 24.7 Å². The van der Waals surface area contributed by atoms with Crippen molar-refractivity contribution in [2.75, 3.05) is 6.54 Å². The molecule has 1 aliphatic heterocycles. The van der Waals surface area contributed by atoms with Crippen molar-refractivity contribution in [3.63, 3.8) is 0 Å². The fourth-order valence-corrected chi connectivity index (χ4v) is 3.34. The van der Waals surface area contributed by atoms with E-state index in [-0.39, 0.29) is 11.9 Å². The van der Waals surface area contributed by atoms with E-state index in [1.807, 2.05) is 30.3 Å². The van der Waals surface area contributed by atoms with Gasteiger partial charge in [-0.3, -0.25) is 9.69 Å². The first kappa shape index (κ1) is 14.5. The Morgan fingerprint density at radius 3 is 2.76 bits per heavy atom. The van der Waals surface area contributed by atoms with Gasteiger partial charge in [-0.25, -0.2) is 0 Å². The Morgan fingerprint density at radius 1 is 1.38 bits per heavy atom. The van der Waals surface area contributed by atoms with Crippen molar-refractivity contribution in [1.82, 2.24) is 10.2 Å². The van der Waals surface area contributed by atoms with Crippen LogP contribution in [0.25, 0.3) is 0 Å². The van der Waals surface area contributed by atoms with Gasteiger partial charge in [0.05, 0.1) is 6.04 Å². The highest BCUT2D eigenvalue weighted by atomic mass is 16.2. The molecule has 1 saturated heterocycles. The monoisotopic (exact) mass is 287 g/mol. The highest BCUT2D eigenvalue weighted by Gasteiger charge is 2.39. The molecular weight excluding hydrogens is 262 g/mol. The lowest BCUT2D eigenvalue weighted by Crippen LogP contribution is -2.47. The van der Waals surface area contributed by atoms with Crippen molar-refractivity contribution in [2.24, 2.45) is 5.73 Å². The molecule has 1 heterocycles. The molecule has 21 heavy (non-hydrogen) atoms. The summed E-state index contributed by atoms with van der Waals surface area (Å²) >= 11 is 0. The number of carbonyl (C=O) groups excluding carboxylic acids is 1. The van der Waals surface area contributed by atoms with Crippen molar-refractivity contribution in [1.29, 1.82) is 0 Å². The van der Waals surface area contributed by atoms with Gasteiger partial charge < -0.3 is 11.1 Å². The van der Waals surface area contributed by atoms with E-state index in [0.29, 0.717) is 12.5 Å². The number of amides is 1. The lowest BCUT2D eigenvalue weighted by Gasteiger charge is -2.20. The first-order valence-electron chi connectivity index (χ1n) is 7.99. The van der Waals surface area contributed by atoms with Crippen LogP contribution in [-0.4, -0.2) is 41.5 Å². The van der Waals surface area contributed by atoms with Gasteiger partial charge in [0.1, 0.15) is 0 Å². The second-order valence-corrected chi connectivity index (χ2v) is 6.51. The number of hydrogen-bond acceptors (Lipinski definition) is 3. The van der Waals surface area contributed by atoms with E-state index in [9.17, 15) is 4.79 Å². The van der Waals surface area contributed by atoms with E-state index in [4.69, 9.17) is 5.73 Å². The third-order valence-electron chi connectivity index (χ3n) is 4.62.